The number of amides is 1. The predicted molar refractivity (Wildman–Crippen MR) is 130 cm³/mol. The van der Waals surface area contributed by atoms with Gasteiger partial charge < -0.3 is 14.6 Å². The zero-order valence-corrected chi connectivity index (χ0v) is 19.6. The molecule has 2 aliphatic heterocycles. The first kappa shape index (κ1) is 22.3. The van der Waals surface area contributed by atoms with Crippen molar-refractivity contribution in [3.8, 4) is 11.1 Å². The van der Waals surface area contributed by atoms with E-state index in [2.05, 4.69) is 24.3 Å². The molecule has 0 aromatic heterocycles. The van der Waals surface area contributed by atoms with Crippen LogP contribution in [0.25, 0.3) is 11.1 Å². The van der Waals surface area contributed by atoms with E-state index >= 15 is 0 Å². The Morgan fingerprint density at radius 3 is 2.23 bits per heavy atom. The van der Waals surface area contributed by atoms with Gasteiger partial charge in [-0.05, 0) is 40.8 Å². The fraction of sp³-hybridized carbons (Fsp3) is 0.345. The van der Waals surface area contributed by atoms with Gasteiger partial charge in [-0.3, -0.25) is 4.90 Å². The molecule has 2 fully saturated rings. The molecule has 1 N–H and O–H groups in total. The quantitative estimate of drug-likeness (QED) is 0.573. The second kappa shape index (κ2) is 8.47. The zero-order chi connectivity index (χ0) is 24.2. The zero-order valence-electron chi connectivity index (χ0n) is 19.6. The molecular formula is C29H28FNO4. The van der Waals surface area contributed by atoms with Crippen molar-refractivity contribution in [1.29, 1.82) is 0 Å². The van der Waals surface area contributed by atoms with Crippen LogP contribution in [-0.4, -0.2) is 48.0 Å². The third-order valence-corrected chi connectivity index (χ3v) is 7.73. The lowest BCUT2D eigenvalue weighted by molar-refractivity contribution is -0.137. The highest BCUT2D eigenvalue weighted by atomic mass is 19.1. The Hall–Kier alpha value is -3.22. The van der Waals surface area contributed by atoms with Gasteiger partial charge in [-0.2, -0.15) is 0 Å². The molecule has 2 unspecified atom stereocenters. The Morgan fingerprint density at radius 2 is 1.63 bits per heavy atom. The molecule has 2 saturated heterocycles. The molecule has 1 aliphatic carbocycles. The third kappa shape index (κ3) is 3.72. The third-order valence-electron chi connectivity index (χ3n) is 7.73. The fourth-order valence-corrected chi connectivity index (χ4v) is 6.16. The fourth-order valence-electron chi connectivity index (χ4n) is 6.16. The average molecular weight is 474 g/mol. The van der Waals surface area contributed by atoms with Crippen LogP contribution in [0.4, 0.5) is 9.18 Å². The molecule has 35 heavy (non-hydrogen) atoms. The summed E-state index contributed by atoms with van der Waals surface area (Å²) in [5, 5.41) is 11.5. The Labute approximate surface area is 204 Å². The number of nitrogens with zero attached hydrogens (tertiary/aromatic N) is 1. The summed E-state index contributed by atoms with van der Waals surface area (Å²) in [4.78, 5) is 15.0. The van der Waals surface area contributed by atoms with Crippen LogP contribution in [0, 0.1) is 12.7 Å². The molecule has 180 valence electrons. The van der Waals surface area contributed by atoms with E-state index in [1.54, 1.807) is 17.0 Å². The summed E-state index contributed by atoms with van der Waals surface area (Å²) in [5.74, 6) is -0.438. The number of morpholine rings is 1. The van der Waals surface area contributed by atoms with Gasteiger partial charge in [0.2, 0.25) is 0 Å². The highest BCUT2D eigenvalue weighted by Gasteiger charge is 2.50. The van der Waals surface area contributed by atoms with Gasteiger partial charge in [0, 0.05) is 24.3 Å². The van der Waals surface area contributed by atoms with Gasteiger partial charge in [-0.15, -0.1) is 0 Å². The summed E-state index contributed by atoms with van der Waals surface area (Å²) in [6.07, 6.45) is -0.00182. The van der Waals surface area contributed by atoms with Gasteiger partial charge in [0.25, 0.3) is 0 Å². The van der Waals surface area contributed by atoms with Crippen molar-refractivity contribution in [2.24, 2.45) is 0 Å². The minimum atomic E-state index is -1.35. The summed E-state index contributed by atoms with van der Waals surface area (Å²) in [5.41, 5.74) is 4.41. The maximum Gasteiger partial charge on any atom is 0.410 e. The SMILES string of the molecule is Cc1ccc(C2(O)CC3COCC(C2)N3C(=O)OCC2c3ccccc3-c3ccccc32)c(F)c1. The summed E-state index contributed by atoms with van der Waals surface area (Å²) in [6.45, 7) is 2.63. The number of carbonyl (C=O) groups excluding carboxylic acids is 1. The molecule has 2 heterocycles. The highest BCUT2D eigenvalue weighted by molar-refractivity contribution is 5.79. The van der Waals surface area contributed by atoms with Gasteiger partial charge in [0.15, 0.2) is 0 Å². The number of benzene rings is 3. The number of halogens is 1. The van der Waals surface area contributed by atoms with Crippen LogP contribution in [0.15, 0.2) is 66.7 Å². The molecule has 3 aromatic rings. The minimum absolute atomic E-state index is 0.0224. The molecule has 0 spiro atoms. The van der Waals surface area contributed by atoms with E-state index in [0.29, 0.717) is 0 Å². The first-order valence-corrected chi connectivity index (χ1v) is 12.1. The number of ether oxygens (including phenoxy) is 2. The predicted octanol–water partition coefficient (Wildman–Crippen LogP) is 5.13. The number of rotatable bonds is 3. The smallest absolute Gasteiger partial charge is 0.410 e. The van der Waals surface area contributed by atoms with Crippen LogP contribution >= 0.6 is 0 Å². The standard InChI is InChI=1S/C29H28FNO4/c1-18-10-11-26(27(30)12-18)29(33)13-19-15-34-16-20(14-29)31(19)28(32)35-17-25-23-8-4-2-6-21(23)22-7-3-5-9-24(22)25/h2-12,19-20,25,33H,13-17H2,1H3. The van der Waals surface area contributed by atoms with E-state index in [9.17, 15) is 14.3 Å². The summed E-state index contributed by atoms with van der Waals surface area (Å²) >= 11 is 0. The number of carbonyl (C=O) groups is 1. The Bertz CT molecular complexity index is 1230. The second-order valence-corrected chi connectivity index (χ2v) is 9.98. The topological polar surface area (TPSA) is 59.0 Å². The lowest BCUT2D eigenvalue weighted by Gasteiger charge is -2.51. The van der Waals surface area contributed by atoms with Crippen molar-refractivity contribution in [2.75, 3.05) is 19.8 Å². The Morgan fingerprint density at radius 1 is 1.03 bits per heavy atom. The maximum atomic E-state index is 14.8. The van der Waals surface area contributed by atoms with Crippen LogP contribution in [0.2, 0.25) is 0 Å². The number of fused-ring (bicyclic) bond motifs is 5. The van der Waals surface area contributed by atoms with Gasteiger partial charge in [0.1, 0.15) is 12.4 Å². The summed E-state index contributed by atoms with van der Waals surface area (Å²) in [7, 11) is 0. The van der Waals surface area contributed by atoms with Crippen LogP contribution in [0.1, 0.15) is 41.0 Å². The largest absolute Gasteiger partial charge is 0.448 e. The second-order valence-electron chi connectivity index (χ2n) is 9.98. The van der Waals surface area contributed by atoms with Gasteiger partial charge >= 0.3 is 6.09 Å². The summed E-state index contributed by atoms with van der Waals surface area (Å²) < 4.78 is 26.4. The molecule has 5 nitrogen and oxygen atoms in total. The first-order valence-electron chi connectivity index (χ1n) is 12.1. The van der Waals surface area contributed by atoms with Crippen molar-refractivity contribution < 1.29 is 23.8 Å². The molecule has 3 aliphatic rings. The molecule has 2 atom stereocenters. The van der Waals surface area contributed by atoms with E-state index in [4.69, 9.17) is 9.47 Å². The molecule has 6 heteroatoms. The molecule has 0 saturated carbocycles. The lowest BCUT2D eigenvalue weighted by atomic mass is 9.76. The van der Waals surface area contributed by atoms with Crippen molar-refractivity contribution >= 4 is 6.09 Å². The first-order chi connectivity index (χ1) is 16.9. The summed E-state index contributed by atoms with van der Waals surface area (Å²) in [6, 6.07) is 20.6. The van der Waals surface area contributed by atoms with Crippen LogP contribution in [0.5, 0.6) is 0 Å². The lowest BCUT2D eigenvalue weighted by Crippen LogP contribution is -2.62. The molecule has 0 radical (unpaired) electrons. The van der Waals surface area contributed by atoms with Crippen LogP contribution in [-0.2, 0) is 15.1 Å². The van der Waals surface area contributed by atoms with E-state index < -0.39 is 17.5 Å². The van der Waals surface area contributed by atoms with Crippen molar-refractivity contribution in [3.63, 3.8) is 0 Å². The molecule has 1 amide bonds. The normalized spacial score (nSPS) is 25.2. The van der Waals surface area contributed by atoms with Crippen LogP contribution < -0.4 is 0 Å². The Balaban J connectivity index is 1.21. The number of piperidine rings is 1. The monoisotopic (exact) mass is 473 g/mol. The van der Waals surface area contributed by atoms with Crippen molar-refractivity contribution in [3.05, 3.63) is 94.8 Å². The van der Waals surface area contributed by atoms with E-state index in [1.807, 2.05) is 31.2 Å². The number of aryl methyl sites for hydroxylation is 1. The van der Waals surface area contributed by atoms with Crippen LogP contribution in [0.3, 0.4) is 0 Å². The van der Waals surface area contributed by atoms with E-state index in [1.165, 1.54) is 17.2 Å². The average Bonchev–Trinajstić information content (AvgIpc) is 3.15. The molecule has 2 bridgehead atoms. The maximum absolute atomic E-state index is 14.8. The molecule has 6 rings (SSSR count). The highest BCUT2D eigenvalue weighted by Crippen LogP contribution is 2.45. The molecular weight excluding hydrogens is 445 g/mol. The number of hydrogen-bond acceptors (Lipinski definition) is 4. The van der Waals surface area contributed by atoms with Crippen molar-refractivity contribution in [2.45, 2.75) is 43.4 Å². The van der Waals surface area contributed by atoms with Crippen molar-refractivity contribution in [1.82, 2.24) is 4.90 Å². The molecule has 3 aromatic carbocycles. The van der Waals surface area contributed by atoms with Gasteiger partial charge in [-0.1, -0.05) is 60.7 Å². The van der Waals surface area contributed by atoms with E-state index in [-0.39, 0.29) is 56.2 Å². The Kier molecular flexibility index (Phi) is 5.38. The van der Waals surface area contributed by atoms with E-state index in [0.717, 1.165) is 16.7 Å². The van der Waals surface area contributed by atoms with Gasteiger partial charge in [-0.25, -0.2) is 9.18 Å². The van der Waals surface area contributed by atoms with Gasteiger partial charge in [0.05, 0.1) is 30.9 Å². The minimum Gasteiger partial charge on any atom is -0.448 e. The number of hydrogen-bond donors (Lipinski definition) is 1. The number of aliphatic hydroxyl groups is 1.